The lowest BCUT2D eigenvalue weighted by Gasteiger charge is -2.37. The predicted octanol–water partition coefficient (Wildman–Crippen LogP) is 3.07. The largest absolute Gasteiger partial charge is 0.343 e. The van der Waals surface area contributed by atoms with Crippen molar-refractivity contribution in [1.29, 1.82) is 0 Å². The molecule has 0 spiro atoms. The summed E-state index contributed by atoms with van der Waals surface area (Å²) in [6, 6.07) is 0. The Morgan fingerprint density at radius 2 is 1.83 bits per heavy atom. The van der Waals surface area contributed by atoms with E-state index in [9.17, 15) is 0 Å². The fourth-order valence-electron chi connectivity index (χ4n) is 1.26. The summed E-state index contributed by atoms with van der Waals surface area (Å²) >= 11 is 0. The summed E-state index contributed by atoms with van der Waals surface area (Å²) in [5.74, 6) is 0. The Labute approximate surface area is 75.1 Å². The molecule has 0 aromatic heterocycles. The lowest BCUT2D eigenvalue weighted by Crippen LogP contribution is -2.36. The van der Waals surface area contributed by atoms with E-state index in [-0.39, 0.29) is 5.54 Å². The Morgan fingerprint density at radius 1 is 1.25 bits per heavy atom. The topological polar surface area (TPSA) is 3.24 Å². The summed E-state index contributed by atoms with van der Waals surface area (Å²) < 4.78 is 0. The Hall–Kier alpha value is -0.980. The van der Waals surface area contributed by atoms with Crippen LogP contribution in [0.5, 0.6) is 0 Å². The average Bonchev–Trinajstić information content (AvgIpc) is 1.92. The fraction of sp³-hybridized carbons (Fsp3) is 0.455. The van der Waals surface area contributed by atoms with Gasteiger partial charge in [0.1, 0.15) is 0 Å². The van der Waals surface area contributed by atoms with Gasteiger partial charge in [-0.1, -0.05) is 12.7 Å². The maximum Gasteiger partial charge on any atom is 0.0361 e. The van der Waals surface area contributed by atoms with Crippen molar-refractivity contribution < 1.29 is 0 Å². The molecule has 0 aromatic rings. The molecule has 0 unspecified atom stereocenters. The van der Waals surface area contributed by atoms with Gasteiger partial charge in [0.05, 0.1) is 0 Å². The molecule has 0 atom stereocenters. The molecular formula is C11H17N. The summed E-state index contributed by atoms with van der Waals surface area (Å²) in [4.78, 5) is 2.20. The quantitative estimate of drug-likeness (QED) is 0.530. The summed E-state index contributed by atoms with van der Waals surface area (Å²) in [7, 11) is 0. The molecule has 1 heterocycles. The molecule has 0 bridgehead atoms. The van der Waals surface area contributed by atoms with E-state index in [1.54, 1.807) is 0 Å². The van der Waals surface area contributed by atoms with Crippen molar-refractivity contribution in [1.82, 2.24) is 4.90 Å². The van der Waals surface area contributed by atoms with Gasteiger partial charge in [-0.05, 0) is 39.3 Å². The number of rotatable bonds is 0. The Morgan fingerprint density at radius 3 is 2.25 bits per heavy atom. The molecule has 0 saturated heterocycles. The number of hydrogen-bond donors (Lipinski definition) is 0. The van der Waals surface area contributed by atoms with Gasteiger partial charge in [0.15, 0.2) is 0 Å². The van der Waals surface area contributed by atoms with Crippen LogP contribution in [0.2, 0.25) is 0 Å². The highest BCUT2D eigenvalue weighted by Gasteiger charge is 2.20. The van der Waals surface area contributed by atoms with Crippen LogP contribution in [0.4, 0.5) is 0 Å². The zero-order valence-electron chi connectivity index (χ0n) is 8.39. The molecule has 1 aliphatic rings. The fourth-order valence-corrected chi connectivity index (χ4v) is 1.26. The van der Waals surface area contributed by atoms with Crippen molar-refractivity contribution in [3.8, 4) is 0 Å². The normalized spacial score (nSPS) is 18.2. The smallest absolute Gasteiger partial charge is 0.0361 e. The lowest BCUT2D eigenvalue weighted by atomic mass is 10.0. The molecule has 0 radical (unpaired) electrons. The van der Waals surface area contributed by atoms with Gasteiger partial charge < -0.3 is 4.90 Å². The van der Waals surface area contributed by atoms with Gasteiger partial charge in [-0.25, -0.2) is 0 Å². The van der Waals surface area contributed by atoms with Crippen LogP contribution in [0.15, 0.2) is 36.2 Å². The first kappa shape index (κ1) is 9.11. The van der Waals surface area contributed by atoms with Crippen molar-refractivity contribution in [2.24, 2.45) is 0 Å². The molecular weight excluding hydrogens is 146 g/mol. The minimum atomic E-state index is 0.128. The molecule has 0 N–H and O–H groups in total. The Balaban J connectivity index is 2.93. The predicted molar refractivity (Wildman–Crippen MR) is 53.6 cm³/mol. The molecule has 0 saturated carbocycles. The van der Waals surface area contributed by atoms with Crippen LogP contribution in [-0.2, 0) is 0 Å². The second-order valence-corrected chi connectivity index (χ2v) is 4.24. The zero-order valence-corrected chi connectivity index (χ0v) is 8.39. The van der Waals surface area contributed by atoms with E-state index in [0.717, 1.165) is 5.70 Å². The summed E-state index contributed by atoms with van der Waals surface area (Å²) in [5.41, 5.74) is 2.47. The molecule has 66 valence electrons. The Bertz CT molecular complexity index is 251. The second kappa shape index (κ2) is 2.81. The van der Waals surface area contributed by atoms with Crippen LogP contribution in [0.1, 0.15) is 27.7 Å². The maximum atomic E-state index is 3.99. The van der Waals surface area contributed by atoms with Crippen LogP contribution in [-0.4, -0.2) is 10.4 Å². The maximum absolute atomic E-state index is 3.99. The molecule has 0 fully saturated rings. The van der Waals surface area contributed by atoms with E-state index in [0.29, 0.717) is 0 Å². The van der Waals surface area contributed by atoms with E-state index >= 15 is 0 Å². The molecule has 1 rings (SSSR count). The monoisotopic (exact) mass is 163 g/mol. The van der Waals surface area contributed by atoms with Gasteiger partial charge in [-0.15, -0.1) is 0 Å². The SMILES string of the molecule is C=C1C=CC(C)=CN1C(C)(C)C. The van der Waals surface area contributed by atoms with Gasteiger partial charge in [-0.3, -0.25) is 0 Å². The molecule has 1 aliphatic heterocycles. The van der Waals surface area contributed by atoms with Crippen molar-refractivity contribution in [2.75, 3.05) is 0 Å². The van der Waals surface area contributed by atoms with E-state index in [1.165, 1.54) is 5.57 Å². The molecule has 1 nitrogen and oxygen atoms in total. The zero-order chi connectivity index (χ0) is 9.35. The third-order valence-electron chi connectivity index (χ3n) is 1.90. The van der Waals surface area contributed by atoms with Crippen LogP contribution in [0.3, 0.4) is 0 Å². The second-order valence-electron chi connectivity index (χ2n) is 4.24. The van der Waals surface area contributed by atoms with Gasteiger partial charge in [-0.2, -0.15) is 0 Å². The van der Waals surface area contributed by atoms with Gasteiger partial charge in [0, 0.05) is 17.4 Å². The molecule has 0 aliphatic carbocycles. The average molecular weight is 163 g/mol. The number of nitrogens with zero attached hydrogens (tertiary/aromatic N) is 1. The van der Waals surface area contributed by atoms with Gasteiger partial charge in [0.25, 0.3) is 0 Å². The standard InChI is InChI=1S/C11H17N/c1-9-6-7-10(2)12(8-9)11(3,4)5/h6-8H,2H2,1,3-5H3. The minimum absolute atomic E-state index is 0.128. The first-order valence-corrected chi connectivity index (χ1v) is 4.26. The van der Waals surface area contributed by atoms with Crippen molar-refractivity contribution >= 4 is 0 Å². The highest BCUT2D eigenvalue weighted by Crippen LogP contribution is 2.24. The van der Waals surface area contributed by atoms with E-state index in [4.69, 9.17) is 0 Å². The summed E-state index contributed by atoms with van der Waals surface area (Å²) in [6.07, 6.45) is 6.29. The van der Waals surface area contributed by atoms with Crippen molar-refractivity contribution in [3.05, 3.63) is 36.2 Å². The van der Waals surface area contributed by atoms with Gasteiger partial charge >= 0.3 is 0 Å². The van der Waals surface area contributed by atoms with Crippen LogP contribution in [0, 0.1) is 0 Å². The van der Waals surface area contributed by atoms with Crippen LogP contribution in [0.25, 0.3) is 0 Å². The first-order valence-electron chi connectivity index (χ1n) is 4.26. The van der Waals surface area contributed by atoms with E-state index in [1.807, 2.05) is 0 Å². The third kappa shape index (κ3) is 1.79. The van der Waals surface area contributed by atoms with Crippen molar-refractivity contribution in [2.45, 2.75) is 33.2 Å². The van der Waals surface area contributed by atoms with Crippen LogP contribution >= 0.6 is 0 Å². The molecule has 0 aromatic carbocycles. The highest BCUT2D eigenvalue weighted by atomic mass is 15.2. The molecule has 0 amide bonds. The summed E-state index contributed by atoms with van der Waals surface area (Å²) in [5, 5.41) is 0. The highest BCUT2D eigenvalue weighted by molar-refractivity contribution is 5.32. The third-order valence-corrected chi connectivity index (χ3v) is 1.90. The van der Waals surface area contributed by atoms with E-state index < -0.39 is 0 Å². The van der Waals surface area contributed by atoms with E-state index in [2.05, 4.69) is 57.5 Å². The van der Waals surface area contributed by atoms with Crippen molar-refractivity contribution in [3.63, 3.8) is 0 Å². The van der Waals surface area contributed by atoms with Crippen LogP contribution < -0.4 is 0 Å². The number of allylic oxidation sites excluding steroid dienone is 3. The molecule has 1 heteroatoms. The Kier molecular flexibility index (Phi) is 2.14. The molecule has 12 heavy (non-hydrogen) atoms. The van der Waals surface area contributed by atoms with Gasteiger partial charge in [0.2, 0.25) is 0 Å². The summed E-state index contributed by atoms with van der Waals surface area (Å²) in [6.45, 7) is 12.6. The number of hydrogen-bond acceptors (Lipinski definition) is 1. The minimum Gasteiger partial charge on any atom is -0.343 e. The first-order chi connectivity index (χ1) is 5.41. The lowest BCUT2D eigenvalue weighted by molar-refractivity contribution is 0.263.